The minimum absolute atomic E-state index is 0.0631. The fourth-order valence-corrected chi connectivity index (χ4v) is 4.04. The van der Waals surface area contributed by atoms with Crippen molar-refractivity contribution in [2.24, 2.45) is 0 Å². The standard InChI is InChI=1S/C24H24N4O5/c1-2-28(12-11-22(29)30)23(31)20-13-21(27-26-20)25-24(32)33-14-19-17-9-5-3-7-15(17)16-8-4-6-10-18(16)19/h3-10,13,19H,2,11-12,14H2,1H3,(H,29,30)(H2,25,26,27,32). The van der Waals surface area contributed by atoms with E-state index in [1.165, 1.54) is 11.0 Å². The highest BCUT2D eigenvalue weighted by Crippen LogP contribution is 2.44. The normalized spacial score (nSPS) is 12.0. The second-order valence-electron chi connectivity index (χ2n) is 7.65. The van der Waals surface area contributed by atoms with Crippen LogP contribution in [0.5, 0.6) is 0 Å². The van der Waals surface area contributed by atoms with Crippen molar-refractivity contribution in [3.63, 3.8) is 0 Å². The summed E-state index contributed by atoms with van der Waals surface area (Å²) in [6.07, 6.45) is -0.834. The van der Waals surface area contributed by atoms with Gasteiger partial charge in [0, 0.05) is 25.1 Å². The van der Waals surface area contributed by atoms with Crippen LogP contribution in [0.4, 0.5) is 10.6 Å². The third-order valence-corrected chi connectivity index (χ3v) is 5.65. The van der Waals surface area contributed by atoms with Gasteiger partial charge in [0.2, 0.25) is 0 Å². The average molecular weight is 448 g/mol. The SMILES string of the molecule is CCN(CCC(=O)O)C(=O)c1cc(NC(=O)OCC2c3ccccc3-c3ccccc32)n[nH]1. The molecule has 4 rings (SSSR count). The first kappa shape index (κ1) is 22.1. The Morgan fingerprint density at radius 1 is 1.09 bits per heavy atom. The Kier molecular flexibility index (Phi) is 6.39. The van der Waals surface area contributed by atoms with Gasteiger partial charge in [0.15, 0.2) is 5.82 Å². The number of aromatic nitrogens is 2. The zero-order valence-corrected chi connectivity index (χ0v) is 18.1. The van der Waals surface area contributed by atoms with Gasteiger partial charge < -0.3 is 14.7 Å². The summed E-state index contributed by atoms with van der Waals surface area (Å²) in [4.78, 5) is 37.1. The minimum atomic E-state index is -0.983. The number of fused-ring (bicyclic) bond motifs is 3. The van der Waals surface area contributed by atoms with Gasteiger partial charge in [-0.25, -0.2) is 4.79 Å². The van der Waals surface area contributed by atoms with Gasteiger partial charge in [-0.3, -0.25) is 20.0 Å². The van der Waals surface area contributed by atoms with E-state index in [1.807, 2.05) is 36.4 Å². The maximum Gasteiger partial charge on any atom is 0.412 e. The Bertz CT molecular complexity index is 1140. The number of carboxylic acids is 1. The van der Waals surface area contributed by atoms with Crippen LogP contribution in [0.25, 0.3) is 11.1 Å². The number of carbonyl (C=O) groups is 3. The summed E-state index contributed by atoms with van der Waals surface area (Å²) >= 11 is 0. The monoisotopic (exact) mass is 448 g/mol. The number of aliphatic carboxylic acids is 1. The number of benzene rings is 2. The number of H-pyrrole nitrogens is 1. The van der Waals surface area contributed by atoms with Crippen LogP contribution in [-0.4, -0.2) is 57.9 Å². The lowest BCUT2D eigenvalue weighted by atomic mass is 9.98. The topological polar surface area (TPSA) is 125 Å². The van der Waals surface area contributed by atoms with E-state index in [1.54, 1.807) is 6.92 Å². The number of hydrogen-bond donors (Lipinski definition) is 3. The quantitative estimate of drug-likeness (QED) is 0.483. The van der Waals surface area contributed by atoms with E-state index in [4.69, 9.17) is 9.84 Å². The molecule has 0 fully saturated rings. The molecule has 0 radical (unpaired) electrons. The maximum absolute atomic E-state index is 12.5. The van der Waals surface area contributed by atoms with Crippen molar-refractivity contribution in [3.8, 4) is 11.1 Å². The van der Waals surface area contributed by atoms with Gasteiger partial charge in [0.25, 0.3) is 5.91 Å². The Hall–Kier alpha value is -4.14. The van der Waals surface area contributed by atoms with Crippen LogP contribution >= 0.6 is 0 Å². The molecule has 1 aromatic heterocycles. The number of nitrogens with one attached hydrogen (secondary N) is 2. The molecule has 9 heteroatoms. The molecule has 0 unspecified atom stereocenters. The van der Waals surface area contributed by atoms with Gasteiger partial charge in [-0.05, 0) is 29.2 Å². The summed E-state index contributed by atoms with van der Waals surface area (Å²) in [5.74, 6) is -1.30. The van der Waals surface area contributed by atoms with Crippen LogP contribution in [-0.2, 0) is 9.53 Å². The average Bonchev–Trinajstić information content (AvgIpc) is 3.40. The van der Waals surface area contributed by atoms with E-state index in [9.17, 15) is 14.4 Å². The smallest absolute Gasteiger partial charge is 0.412 e. The maximum atomic E-state index is 12.5. The van der Waals surface area contributed by atoms with E-state index in [0.29, 0.717) is 6.54 Å². The molecule has 1 heterocycles. The van der Waals surface area contributed by atoms with Crippen molar-refractivity contribution < 1.29 is 24.2 Å². The van der Waals surface area contributed by atoms with Crippen LogP contribution in [0.15, 0.2) is 54.6 Å². The van der Waals surface area contributed by atoms with Crippen molar-refractivity contribution in [2.45, 2.75) is 19.3 Å². The van der Waals surface area contributed by atoms with Crippen LogP contribution in [0.1, 0.15) is 40.9 Å². The molecule has 0 aliphatic heterocycles. The first-order chi connectivity index (χ1) is 16.0. The third-order valence-electron chi connectivity index (χ3n) is 5.65. The summed E-state index contributed by atoms with van der Waals surface area (Å²) in [6.45, 7) is 2.35. The van der Waals surface area contributed by atoms with Crippen molar-refractivity contribution in [2.75, 3.05) is 25.0 Å². The summed E-state index contributed by atoms with van der Waals surface area (Å²) in [5.41, 5.74) is 4.65. The molecule has 3 aromatic rings. The lowest BCUT2D eigenvalue weighted by Crippen LogP contribution is -2.33. The number of hydrogen-bond acceptors (Lipinski definition) is 5. The van der Waals surface area contributed by atoms with E-state index in [-0.39, 0.29) is 37.0 Å². The molecule has 170 valence electrons. The number of anilines is 1. The molecule has 3 N–H and O–H groups in total. The Morgan fingerprint density at radius 3 is 2.33 bits per heavy atom. The lowest BCUT2D eigenvalue weighted by Gasteiger charge is -2.18. The molecule has 9 nitrogen and oxygen atoms in total. The molecule has 33 heavy (non-hydrogen) atoms. The molecular weight excluding hydrogens is 424 g/mol. The highest BCUT2D eigenvalue weighted by molar-refractivity contribution is 5.94. The fourth-order valence-electron chi connectivity index (χ4n) is 4.04. The lowest BCUT2D eigenvalue weighted by molar-refractivity contribution is -0.137. The molecule has 0 atom stereocenters. The number of rotatable bonds is 8. The second-order valence-corrected chi connectivity index (χ2v) is 7.65. The summed E-state index contributed by atoms with van der Waals surface area (Å²) in [5, 5.41) is 17.9. The molecule has 0 bridgehead atoms. The number of nitrogens with zero attached hydrogens (tertiary/aromatic N) is 2. The van der Waals surface area contributed by atoms with Gasteiger partial charge in [0.1, 0.15) is 12.3 Å². The van der Waals surface area contributed by atoms with Crippen LogP contribution in [0, 0.1) is 0 Å². The molecule has 0 saturated carbocycles. The molecule has 0 spiro atoms. The number of carbonyl (C=O) groups excluding carboxylic acids is 2. The third kappa shape index (κ3) is 4.72. The van der Waals surface area contributed by atoms with Gasteiger partial charge in [0.05, 0.1) is 6.42 Å². The fraction of sp³-hybridized carbons (Fsp3) is 0.250. The van der Waals surface area contributed by atoms with Crippen LogP contribution in [0.3, 0.4) is 0 Å². The van der Waals surface area contributed by atoms with Gasteiger partial charge in [-0.2, -0.15) is 5.10 Å². The Labute approximate surface area is 190 Å². The highest BCUT2D eigenvalue weighted by Gasteiger charge is 2.29. The van der Waals surface area contributed by atoms with E-state index < -0.39 is 18.0 Å². The van der Waals surface area contributed by atoms with Crippen molar-refractivity contribution >= 4 is 23.8 Å². The summed E-state index contributed by atoms with van der Waals surface area (Å²) in [7, 11) is 0. The largest absolute Gasteiger partial charge is 0.481 e. The van der Waals surface area contributed by atoms with E-state index in [0.717, 1.165) is 22.3 Å². The summed E-state index contributed by atoms with van der Waals surface area (Å²) in [6, 6.07) is 17.5. The molecule has 2 aromatic carbocycles. The summed E-state index contributed by atoms with van der Waals surface area (Å²) < 4.78 is 5.48. The second kappa shape index (κ2) is 9.56. The Balaban J connectivity index is 1.37. The number of ether oxygens (including phenoxy) is 1. The van der Waals surface area contributed by atoms with Gasteiger partial charge in [-0.1, -0.05) is 48.5 Å². The minimum Gasteiger partial charge on any atom is -0.481 e. The molecular formula is C24H24N4O5. The molecule has 0 saturated heterocycles. The predicted octanol–water partition coefficient (Wildman–Crippen LogP) is 3.71. The van der Waals surface area contributed by atoms with Crippen molar-refractivity contribution in [3.05, 3.63) is 71.4 Å². The van der Waals surface area contributed by atoms with Crippen LogP contribution in [0.2, 0.25) is 0 Å². The van der Waals surface area contributed by atoms with Gasteiger partial charge in [-0.15, -0.1) is 0 Å². The highest BCUT2D eigenvalue weighted by atomic mass is 16.5. The first-order valence-electron chi connectivity index (χ1n) is 10.7. The number of amides is 2. The molecule has 1 aliphatic rings. The molecule has 1 aliphatic carbocycles. The predicted molar refractivity (Wildman–Crippen MR) is 121 cm³/mol. The molecule has 2 amide bonds. The van der Waals surface area contributed by atoms with Crippen molar-refractivity contribution in [1.82, 2.24) is 15.1 Å². The number of carboxylic acid groups (broad SMARTS) is 1. The zero-order valence-electron chi connectivity index (χ0n) is 18.1. The van der Waals surface area contributed by atoms with Crippen molar-refractivity contribution in [1.29, 1.82) is 0 Å². The van der Waals surface area contributed by atoms with Gasteiger partial charge >= 0.3 is 12.1 Å². The first-order valence-corrected chi connectivity index (χ1v) is 10.7. The number of aromatic amines is 1. The van der Waals surface area contributed by atoms with E-state index in [2.05, 4.69) is 27.6 Å². The van der Waals surface area contributed by atoms with Crippen LogP contribution < -0.4 is 5.32 Å². The zero-order chi connectivity index (χ0) is 23.4. The van der Waals surface area contributed by atoms with E-state index >= 15 is 0 Å². The Morgan fingerprint density at radius 2 is 1.73 bits per heavy atom.